The Hall–Kier alpha value is -2.02. The predicted octanol–water partition coefficient (Wildman–Crippen LogP) is 2.30. The molecule has 1 aromatic heterocycles. The molecule has 0 aliphatic rings. The van der Waals surface area contributed by atoms with Crippen LogP contribution in [0, 0.1) is 19.3 Å². The van der Waals surface area contributed by atoms with Gasteiger partial charge in [0.2, 0.25) is 0 Å². The monoisotopic (exact) mass is 232 g/mol. The Bertz CT molecular complexity index is 436. The summed E-state index contributed by atoms with van der Waals surface area (Å²) in [6.45, 7) is 2.48. The lowest BCUT2D eigenvalue weighted by Gasteiger charge is -2.07. The Morgan fingerprint density at radius 2 is 2.29 bits per heavy atom. The third-order valence-corrected chi connectivity index (χ3v) is 2.37. The standard InChI is InChI=1S/C13H16N2O2/c1-3-4-5-6-9-14-12-8-7-11(13(16)17)10(2)15-12/h1,7-8H,4-6,9H2,2H3,(H,14,15)(H,16,17). The van der Waals surface area contributed by atoms with Crippen LogP contribution in [0.5, 0.6) is 0 Å². The molecule has 2 N–H and O–H groups in total. The number of nitrogens with one attached hydrogen (secondary N) is 1. The van der Waals surface area contributed by atoms with E-state index in [-0.39, 0.29) is 5.56 Å². The lowest BCUT2D eigenvalue weighted by atomic mass is 10.2. The van der Waals surface area contributed by atoms with Crippen molar-refractivity contribution >= 4 is 11.8 Å². The summed E-state index contributed by atoms with van der Waals surface area (Å²) in [4.78, 5) is 15.0. The summed E-state index contributed by atoms with van der Waals surface area (Å²) in [5.74, 6) is 2.34. The van der Waals surface area contributed by atoms with Crippen molar-refractivity contribution in [2.24, 2.45) is 0 Å². The highest BCUT2D eigenvalue weighted by molar-refractivity contribution is 5.89. The number of aryl methyl sites for hydroxylation is 1. The number of carboxylic acid groups (broad SMARTS) is 1. The molecule has 0 atom stereocenters. The van der Waals surface area contributed by atoms with Crippen LogP contribution in [0.2, 0.25) is 0 Å². The van der Waals surface area contributed by atoms with Crippen LogP contribution in [0.4, 0.5) is 5.82 Å². The van der Waals surface area contributed by atoms with Gasteiger partial charge in [0.05, 0.1) is 11.3 Å². The number of hydrogen-bond donors (Lipinski definition) is 2. The lowest BCUT2D eigenvalue weighted by molar-refractivity contribution is 0.0695. The SMILES string of the molecule is C#CCCCCNc1ccc(C(=O)O)c(C)n1. The summed E-state index contributed by atoms with van der Waals surface area (Å²) < 4.78 is 0. The van der Waals surface area contributed by atoms with Crippen LogP contribution in [0.1, 0.15) is 35.3 Å². The molecule has 0 saturated heterocycles. The van der Waals surface area contributed by atoms with Crippen molar-refractivity contribution < 1.29 is 9.90 Å². The Morgan fingerprint density at radius 1 is 1.53 bits per heavy atom. The quantitative estimate of drug-likeness (QED) is 0.583. The van der Waals surface area contributed by atoms with Gasteiger partial charge in [-0.25, -0.2) is 9.78 Å². The normalized spacial score (nSPS) is 9.65. The van der Waals surface area contributed by atoms with Crippen LogP contribution < -0.4 is 5.32 Å². The Kier molecular flexibility index (Phi) is 5.02. The fourth-order valence-corrected chi connectivity index (χ4v) is 1.45. The minimum atomic E-state index is -0.949. The van der Waals surface area contributed by atoms with Gasteiger partial charge < -0.3 is 10.4 Å². The van der Waals surface area contributed by atoms with Gasteiger partial charge >= 0.3 is 5.97 Å². The van der Waals surface area contributed by atoms with E-state index >= 15 is 0 Å². The fraction of sp³-hybridized carbons (Fsp3) is 0.385. The molecule has 17 heavy (non-hydrogen) atoms. The van der Waals surface area contributed by atoms with Gasteiger partial charge in [0, 0.05) is 13.0 Å². The van der Waals surface area contributed by atoms with Crippen molar-refractivity contribution in [3.05, 3.63) is 23.4 Å². The van der Waals surface area contributed by atoms with Crippen LogP contribution in [0.15, 0.2) is 12.1 Å². The van der Waals surface area contributed by atoms with Crippen molar-refractivity contribution in [2.75, 3.05) is 11.9 Å². The zero-order valence-corrected chi connectivity index (χ0v) is 9.86. The van der Waals surface area contributed by atoms with Crippen molar-refractivity contribution in [3.8, 4) is 12.3 Å². The second kappa shape index (κ2) is 6.54. The van der Waals surface area contributed by atoms with E-state index in [0.29, 0.717) is 11.5 Å². The van der Waals surface area contributed by atoms with E-state index in [0.717, 1.165) is 25.8 Å². The highest BCUT2D eigenvalue weighted by Gasteiger charge is 2.07. The molecule has 0 spiro atoms. The minimum absolute atomic E-state index is 0.239. The smallest absolute Gasteiger partial charge is 0.337 e. The topological polar surface area (TPSA) is 62.2 Å². The van der Waals surface area contributed by atoms with Crippen molar-refractivity contribution in [3.63, 3.8) is 0 Å². The van der Waals surface area contributed by atoms with Crippen molar-refractivity contribution in [1.82, 2.24) is 4.98 Å². The zero-order valence-electron chi connectivity index (χ0n) is 9.86. The Morgan fingerprint density at radius 3 is 2.88 bits per heavy atom. The molecule has 0 aromatic carbocycles. The summed E-state index contributed by atoms with van der Waals surface area (Å²) in [6, 6.07) is 3.24. The van der Waals surface area contributed by atoms with E-state index in [4.69, 9.17) is 11.5 Å². The number of terminal acetylenes is 1. The third kappa shape index (κ3) is 4.15. The van der Waals surface area contributed by atoms with Gasteiger partial charge in [-0.05, 0) is 31.9 Å². The highest BCUT2D eigenvalue weighted by atomic mass is 16.4. The summed E-state index contributed by atoms with van der Waals surface area (Å²) in [5, 5.41) is 12.0. The minimum Gasteiger partial charge on any atom is -0.478 e. The maximum atomic E-state index is 10.8. The van der Waals surface area contributed by atoms with Gasteiger partial charge in [0.1, 0.15) is 5.82 Å². The summed E-state index contributed by atoms with van der Waals surface area (Å²) in [5.41, 5.74) is 0.758. The van der Waals surface area contributed by atoms with E-state index in [1.54, 1.807) is 19.1 Å². The number of rotatable bonds is 6. The number of carbonyl (C=O) groups is 1. The highest BCUT2D eigenvalue weighted by Crippen LogP contribution is 2.10. The summed E-state index contributed by atoms with van der Waals surface area (Å²) in [6.07, 6.45) is 7.89. The van der Waals surface area contributed by atoms with Gasteiger partial charge in [-0.1, -0.05) is 0 Å². The van der Waals surface area contributed by atoms with E-state index < -0.39 is 5.97 Å². The maximum Gasteiger partial charge on any atom is 0.337 e. The number of aromatic nitrogens is 1. The summed E-state index contributed by atoms with van der Waals surface area (Å²) >= 11 is 0. The number of anilines is 1. The van der Waals surface area contributed by atoms with Crippen LogP contribution in [-0.2, 0) is 0 Å². The van der Waals surface area contributed by atoms with Crippen LogP contribution in [-0.4, -0.2) is 22.6 Å². The number of unbranched alkanes of at least 4 members (excludes halogenated alkanes) is 2. The first-order chi connectivity index (χ1) is 8.15. The first-order valence-corrected chi connectivity index (χ1v) is 5.53. The molecule has 0 aliphatic carbocycles. The molecule has 0 bridgehead atoms. The molecular formula is C13H16N2O2. The molecule has 0 unspecified atom stereocenters. The van der Waals surface area contributed by atoms with Gasteiger partial charge in [-0.15, -0.1) is 12.3 Å². The maximum absolute atomic E-state index is 10.8. The van der Waals surface area contributed by atoms with Gasteiger partial charge in [0.25, 0.3) is 0 Å². The van der Waals surface area contributed by atoms with Crippen molar-refractivity contribution in [2.45, 2.75) is 26.2 Å². The number of hydrogen-bond acceptors (Lipinski definition) is 3. The van der Waals surface area contributed by atoms with Crippen LogP contribution in [0.3, 0.4) is 0 Å². The zero-order chi connectivity index (χ0) is 12.7. The van der Waals surface area contributed by atoms with Crippen LogP contribution in [0.25, 0.3) is 0 Å². The first-order valence-electron chi connectivity index (χ1n) is 5.53. The van der Waals surface area contributed by atoms with Crippen LogP contribution >= 0.6 is 0 Å². The second-order valence-electron chi connectivity index (χ2n) is 3.72. The molecule has 0 amide bonds. The number of carboxylic acids is 1. The average Bonchev–Trinajstić information content (AvgIpc) is 2.28. The van der Waals surface area contributed by atoms with E-state index in [1.807, 2.05) is 0 Å². The molecule has 0 fully saturated rings. The molecule has 1 aromatic rings. The third-order valence-electron chi connectivity index (χ3n) is 2.37. The number of pyridine rings is 1. The van der Waals surface area contributed by atoms with E-state index in [2.05, 4.69) is 16.2 Å². The molecule has 4 heteroatoms. The molecule has 1 heterocycles. The van der Waals surface area contributed by atoms with Crippen molar-refractivity contribution in [1.29, 1.82) is 0 Å². The largest absolute Gasteiger partial charge is 0.478 e. The Balaban J connectivity index is 2.48. The van der Waals surface area contributed by atoms with Gasteiger partial charge in [-0.3, -0.25) is 0 Å². The molecular weight excluding hydrogens is 216 g/mol. The van der Waals surface area contributed by atoms with E-state index in [9.17, 15) is 4.79 Å². The number of nitrogens with zero attached hydrogens (tertiary/aromatic N) is 1. The molecule has 0 saturated carbocycles. The molecule has 0 aliphatic heterocycles. The molecule has 0 radical (unpaired) electrons. The molecule has 4 nitrogen and oxygen atoms in total. The van der Waals surface area contributed by atoms with Gasteiger partial charge in [-0.2, -0.15) is 0 Å². The average molecular weight is 232 g/mol. The molecule has 90 valence electrons. The van der Waals surface area contributed by atoms with E-state index in [1.165, 1.54) is 0 Å². The first kappa shape index (κ1) is 13.0. The van der Waals surface area contributed by atoms with Gasteiger partial charge in [0.15, 0.2) is 0 Å². The predicted molar refractivity (Wildman–Crippen MR) is 67.1 cm³/mol. The summed E-state index contributed by atoms with van der Waals surface area (Å²) in [7, 11) is 0. The lowest BCUT2D eigenvalue weighted by Crippen LogP contribution is -2.07. The molecule has 1 rings (SSSR count). The number of aromatic carboxylic acids is 1. The second-order valence-corrected chi connectivity index (χ2v) is 3.72. The Labute approximate surface area is 101 Å². The fourth-order valence-electron chi connectivity index (χ4n) is 1.45.